The topological polar surface area (TPSA) is 46.5 Å². The van der Waals surface area contributed by atoms with Gasteiger partial charge in [0.05, 0.1) is 12.0 Å². The summed E-state index contributed by atoms with van der Waals surface area (Å²) in [5, 5.41) is 11.0. The van der Waals surface area contributed by atoms with Gasteiger partial charge in [-0.05, 0) is 57.7 Å². The number of ether oxygens (including phenoxy) is 1. The summed E-state index contributed by atoms with van der Waals surface area (Å²) in [5.41, 5.74) is 5.36. The molecule has 3 heteroatoms. The predicted molar refractivity (Wildman–Crippen MR) is 113 cm³/mol. The summed E-state index contributed by atoms with van der Waals surface area (Å²) in [6, 6.07) is 11.6. The molecule has 0 saturated heterocycles. The van der Waals surface area contributed by atoms with Crippen LogP contribution in [-0.4, -0.2) is 10.9 Å². The van der Waals surface area contributed by atoms with Crippen LogP contribution in [0.25, 0.3) is 0 Å². The Balaban J connectivity index is 2.09. The molecule has 1 heterocycles. The SMILES string of the molecule is CC(C)=CCc1cc2c(c(CC=C(C)C)c1O)OC(c1ccccc1)CC2=O. The number of ketones is 1. The summed E-state index contributed by atoms with van der Waals surface area (Å²) in [4.78, 5) is 13.0. The number of carbonyl (C=O) groups is 1. The summed E-state index contributed by atoms with van der Waals surface area (Å²) in [6.07, 6.45) is 5.24. The predicted octanol–water partition coefficient (Wildman–Crippen LogP) is 6.12. The zero-order valence-corrected chi connectivity index (χ0v) is 17.1. The highest BCUT2D eigenvalue weighted by molar-refractivity contribution is 6.01. The molecule has 3 nitrogen and oxygen atoms in total. The maximum Gasteiger partial charge on any atom is 0.170 e. The minimum absolute atomic E-state index is 0.0620. The van der Waals surface area contributed by atoms with Crippen molar-refractivity contribution in [3.8, 4) is 11.5 Å². The molecule has 1 atom stereocenters. The summed E-state index contributed by atoms with van der Waals surface area (Å²) in [6.45, 7) is 8.10. The molecule has 0 spiro atoms. The van der Waals surface area contributed by atoms with Crippen molar-refractivity contribution in [2.75, 3.05) is 0 Å². The molecular formula is C25H28O3. The van der Waals surface area contributed by atoms with Gasteiger partial charge in [-0.1, -0.05) is 53.6 Å². The van der Waals surface area contributed by atoms with E-state index >= 15 is 0 Å². The molecule has 3 rings (SSSR count). The monoisotopic (exact) mass is 376 g/mol. The number of benzene rings is 2. The highest BCUT2D eigenvalue weighted by Crippen LogP contribution is 2.43. The lowest BCUT2D eigenvalue weighted by Gasteiger charge is -2.28. The lowest BCUT2D eigenvalue weighted by molar-refractivity contribution is 0.0847. The van der Waals surface area contributed by atoms with Crippen molar-refractivity contribution in [3.63, 3.8) is 0 Å². The van der Waals surface area contributed by atoms with Crippen LogP contribution >= 0.6 is 0 Å². The number of hydrogen-bond donors (Lipinski definition) is 1. The van der Waals surface area contributed by atoms with E-state index in [0.717, 1.165) is 16.7 Å². The number of rotatable bonds is 5. The Morgan fingerprint density at radius 3 is 2.36 bits per heavy atom. The molecule has 0 aromatic heterocycles. The van der Waals surface area contributed by atoms with E-state index < -0.39 is 0 Å². The molecule has 0 fully saturated rings. The summed E-state index contributed by atoms with van der Waals surface area (Å²) in [7, 11) is 0. The van der Waals surface area contributed by atoms with Gasteiger partial charge in [-0.25, -0.2) is 0 Å². The molecule has 1 N–H and O–H groups in total. The molecule has 2 aromatic rings. The quantitative estimate of drug-likeness (QED) is 0.640. The summed E-state index contributed by atoms with van der Waals surface area (Å²) >= 11 is 0. The molecule has 1 aliphatic rings. The van der Waals surface area contributed by atoms with Gasteiger partial charge < -0.3 is 9.84 Å². The Bertz CT molecular complexity index is 928. The number of fused-ring (bicyclic) bond motifs is 1. The van der Waals surface area contributed by atoms with E-state index in [1.807, 2.05) is 58.0 Å². The fraction of sp³-hybridized carbons (Fsp3) is 0.320. The van der Waals surface area contributed by atoms with E-state index in [4.69, 9.17) is 4.74 Å². The fourth-order valence-corrected chi connectivity index (χ4v) is 3.39. The Labute approximate surface area is 167 Å². The van der Waals surface area contributed by atoms with Gasteiger partial charge in [0.2, 0.25) is 0 Å². The normalized spacial score (nSPS) is 15.4. The maximum absolute atomic E-state index is 13.0. The van der Waals surface area contributed by atoms with Crippen LogP contribution < -0.4 is 4.74 Å². The van der Waals surface area contributed by atoms with Crippen molar-refractivity contribution < 1.29 is 14.6 Å². The second kappa shape index (κ2) is 8.47. The van der Waals surface area contributed by atoms with Gasteiger partial charge in [-0.2, -0.15) is 0 Å². The highest BCUT2D eigenvalue weighted by Gasteiger charge is 2.31. The van der Waals surface area contributed by atoms with Gasteiger partial charge in [0.25, 0.3) is 0 Å². The zero-order valence-electron chi connectivity index (χ0n) is 17.1. The molecule has 1 unspecified atom stereocenters. The Kier molecular flexibility index (Phi) is 6.03. The average molecular weight is 376 g/mol. The number of allylic oxidation sites excluding steroid dienone is 4. The standard InChI is InChI=1S/C25H28O3/c1-16(2)10-12-19-14-21-22(26)15-23(18-8-6-5-7-9-18)28-25(21)20(24(19)27)13-11-17(3)4/h5-11,14,23,27H,12-13,15H2,1-4H3. The van der Waals surface area contributed by atoms with Crippen LogP contribution in [0.15, 0.2) is 59.7 Å². The van der Waals surface area contributed by atoms with Crippen molar-refractivity contribution in [3.05, 3.63) is 82.0 Å². The molecule has 1 aliphatic heterocycles. The van der Waals surface area contributed by atoms with Crippen molar-refractivity contribution in [1.29, 1.82) is 0 Å². The molecule has 0 aliphatic carbocycles. The van der Waals surface area contributed by atoms with Crippen LogP contribution in [0.3, 0.4) is 0 Å². The molecular weight excluding hydrogens is 348 g/mol. The highest BCUT2D eigenvalue weighted by atomic mass is 16.5. The third kappa shape index (κ3) is 4.36. The number of phenolic OH excluding ortho intramolecular Hbond substituents is 1. The largest absolute Gasteiger partial charge is 0.507 e. The second-order valence-corrected chi connectivity index (χ2v) is 7.86. The maximum atomic E-state index is 13.0. The number of carbonyl (C=O) groups excluding carboxylic acids is 1. The smallest absolute Gasteiger partial charge is 0.170 e. The minimum atomic E-state index is -0.324. The number of hydrogen-bond acceptors (Lipinski definition) is 3. The second-order valence-electron chi connectivity index (χ2n) is 7.86. The van der Waals surface area contributed by atoms with Gasteiger partial charge in [0, 0.05) is 5.56 Å². The van der Waals surface area contributed by atoms with Crippen LogP contribution in [0.2, 0.25) is 0 Å². The van der Waals surface area contributed by atoms with Crippen LogP contribution in [0.5, 0.6) is 11.5 Å². The van der Waals surface area contributed by atoms with Crippen LogP contribution in [0, 0.1) is 0 Å². The Hall–Kier alpha value is -2.81. The minimum Gasteiger partial charge on any atom is -0.507 e. The van der Waals surface area contributed by atoms with Gasteiger partial charge >= 0.3 is 0 Å². The van der Waals surface area contributed by atoms with Gasteiger partial charge in [0.1, 0.15) is 17.6 Å². The fourth-order valence-electron chi connectivity index (χ4n) is 3.39. The molecule has 0 saturated carbocycles. The van der Waals surface area contributed by atoms with Gasteiger partial charge in [0.15, 0.2) is 5.78 Å². The first-order valence-corrected chi connectivity index (χ1v) is 9.76. The Morgan fingerprint density at radius 1 is 1.07 bits per heavy atom. The van der Waals surface area contributed by atoms with Crippen molar-refractivity contribution in [1.82, 2.24) is 0 Å². The van der Waals surface area contributed by atoms with E-state index in [-0.39, 0.29) is 17.6 Å². The Morgan fingerprint density at radius 2 is 1.71 bits per heavy atom. The van der Waals surface area contributed by atoms with Crippen LogP contribution in [-0.2, 0) is 12.8 Å². The summed E-state index contributed by atoms with van der Waals surface area (Å²) < 4.78 is 6.29. The number of Topliss-reactive ketones (excluding diaryl/α,β-unsaturated/α-hetero) is 1. The van der Waals surface area contributed by atoms with Crippen molar-refractivity contribution in [2.45, 2.75) is 53.1 Å². The number of phenols is 1. The van der Waals surface area contributed by atoms with Gasteiger partial charge in [-0.15, -0.1) is 0 Å². The first kappa shape index (κ1) is 19.9. The van der Waals surface area contributed by atoms with E-state index in [2.05, 4.69) is 12.2 Å². The third-order valence-electron chi connectivity index (χ3n) is 4.97. The van der Waals surface area contributed by atoms with E-state index in [1.165, 1.54) is 5.57 Å². The van der Waals surface area contributed by atoms with Crippen molar-refractivity contribution >= 4 is 5.78 Å². The van der Waals surface area contributed by atoms with Crippen molar-refractivity contribution in [2.24, 2.45) is 0 Å². The van der Waals surface area contributed by atoms with E-state index in [0.29, 0.717) is 36.1 Å². The number of aromatic hydroxyl groups is 1. The summed E-state index contributed by atoms with van der Waals surface area (Å²) in [5.74, 6) is 0.823. The average Bonchev–Trinajstić information content (AvgIpc) is 2.66. The van der Waals surface area contributed by atoms with Crippen LogP contribution in [0.1, 0.15) is 67.3 Å². The first-order chi connectivity index (χ1) is 13.4. The zero-order chi connectivity index (χ0) is 20.3. The molecule has 2 aromatic carbocycles. The lowest BCUT2D eigenvalue weighted by Crippen LogP contribution is -2.22. The van der Waals surface area contributed by atoms with E-state index in [9.17, 15) is 9.90 Å². The molecule has 0 radical (unpaired) electrons. The molecule has 0 amide bonds. The van der Waals surface area contributed by atoms with Gasteiger partial charge in [-0.3, -0.25) is 4.79 Å². The molecule has 146 valence electrons. The van der Waals surface area contributed by atoms with E-state index in [1.54, 1.807) is 6.07 Å². The van der Waals surface area contributed by atoms with Crippen LogP contribution in [0.4, 0.5) is 0 Å². The molecule has 0 bridgehead atoms. The molecule has 28 heavy (non-hydrogen) atoms. The lowest BCUT2D eigenvalue weighted by atomic mass is 9.90. The third-order valence-corrected chi connectivity index (χ3v) is 4.97. The first-order valence-electron chi connectivity index (χ1n) is 9.76.